The fourth-order valence-electron chi connectivity index (χ4n) is 2.11. The Morgan fingerprint density at radius 2 is 1.70 bits per heavy atom. The quantitative estimate of drug-likeness (QED) is 0.341. The van der Waals surface area contributed by atoms with E-state index in [4.69, 9.17) is 4.84 Å². The average Bonchev–Trinajstić information content (AvgIpc) is 2.50. The third kappa shape index (κ3) is 7.95. The maximum Gasteiger partial charge on any atom is 0.151 e. The zero-order valence-electron chi connectivity index (χ0n) is 12.5. The summed E-state index contributed by atoms with van der Waals surface area (Å²) in [6, 6.07) is 9.63. The molecule has 0 radical (unpaired) electrons. The van der Waals surface area contributed by atoms with Gasteiger partial charge in [0.05, 0.1) is 5.69 Å². The topological polar surface area (TPSA) is 38.3 Å². The van der Waals surface area contributed by atoms with Crippen molar-refractivity contribution >= 4 is 12.0 Å². The third-order valence-corrected chi connectivity index (χ3v) is 3.35. The first kappa shape index (κ1) is 16.7. The molecule has 1 aromatic carbocycles. The van der Waals surface area contributed by atoms with Gasteiger partial charge in [0.25, 0.3) is 0 Å². The smallest absolute Gasteiger partial charge is 0.151 e. The van der Waals surface area contributed by atoms with Crippen LogP contribution in [-0.2, 0) is 9.63 Å². The molecule has 0 amide bonds. The molecule has 1 unspecified atom stereocenters. The van der Waals surface area contributed by atoms with E-state index in [2.05, 4.69) is 12.4 Å². The molecule has 1 N–H and O–H groups in total. The van der Waals surface area contributed by atoms with Crippen LogP contribution in [0.1, 0.15) is 58.3 Å². The Hall–Kier alpha value is -1.35. The molecule has 0 aromatic heterocycles. The molecule has 112 valence electrons. The van der Waals surface area contributed by atoms with Gasteiger partial charge in [-0.2, -0.15) is 0 Å². The van der Waals surface area contributed by atoms with Gasteiger partial charge in [-0.3, -0.25) is 10.3 Å². The van der Waals surface area contributed by atoms with E-state index >= 15 is 0 Å². The summed E-state index contributed by atoms with van der Waals surface area (Å²) in [5.41, 5.74) is 3.71. The van der Waals surface area contributed by atoms with E-state index in [1.54, 1.807) is 0 Å². The molecule has 0 saturated heterocycles. The van der Waals surface area contributed by atoms with Crippen molar-refractivity contribution in [2.75, 3.05) is 5.48 Å². The molecule has 3 nitrogen and oxygen atoms in total. The fourth-order valence-corrected chi connectivity index (χ4v) is 2.11. The highest BCUT2D eigenvalue weighted by molar-refractivity contribution is 5.56. The SMILES string of the molecule is CCCCCCCCCC(C=O)ONc1ccccc1. The molecular formula is C17H27NO2. The van der Waals surface area contributed by atoms with Crippen LogP contribution in [0.2, 0.25) is 0 Å². The van der Waals surface area contributed by atoms with E-state index in [0.29, 0.717) is 0 Å². The van der Waals surface area contributed by atoms with Crippen molar-refractivity contribution in [1.82, 2.24) is 0 Å². The van der Waals surface area contributed by atoms with E-state index < -0.39 is 0 Å². The first-order valence-corrected chi connectivity index (χ1v) is 7.78. The number of carbonyl (C=O) groups excluding carboxylic acids is 1. The molecule has 1 atom stereocenters. The summed E-state index contributed by atoms with van der Waals surface area (Å²) in [7, 11) is 0. The van der Waals surface area contributed by atoms with Crippen molar-refractivity contribution in [3.8, 4) is 0 Å². The highest BCUT2D eigenvalue weighted by Crippen LogP contribution is 2.12. The third-order valence-electron chi connectivity index (χ3n) is 3.35. The standard InChI is InChI=1S/C17H27NO2/c1-2-3-4-5-6-7-11-14-17(15-19)20-18-16-12-9-8-10-13-16/h8-10,12-13,15,17-18H,2-7,11,14H2,1H3. The van der Waals surface area contributed by atoms with Crippen LogP contribution in [0.5, 0.6) is 0 Å². The molecular weight excluding hydrogens is 250 g/mol. The lowest BCUT2D eigenvalue weighted by molar-refractivity contribution is -0.116. The van der Waals surface area contributed by atoms with Crippen LogP contribution in [0.3, 0.4) is 0 Å². The second-order valence-electron chi connectivity index (χ2n) is 5.17. The lowest BCUT2D eigenvalue weighted by Crippen LogP contribution is -2.18. The molecule has 1 rings (SSSR count). The molecule has 0 spiro atoms. The first-order chi connectivity index (χ1) is 9.86. The number of aldehydes is 1. The maximum absolute atomic E-state index is 11.0. The van der Waals surface area contributed by atoms with E-state index in [0.717, 1.165) is 24.8 Å². The average molecular weight is 277 g/mol. The van der Waals surface area contributed by atoms with E-state index in [1.165, 1.54) is 38.5 Å². The second kappa shape index (κ2) is 11.5. The van der Waals surface area contributed by atoms with Crippen molar-refractivity contribution in [2.45, 2.75) is 64.4 Å². The minimum atomic E-state index is -0.356. The number of unbranched alkanes of at least 4 members (excludes halogenated alkanes) is 6. The van der Waals surface area contributed by atoms with Gasteiger partial charge in [-0.25, -0.2) is 0 Å². The van der Waals surface area contributed by atoms with Crippen LogP contribution in [-0.4, -0.2) is 12.4 Å². The Balaban J connectivity index is 2.06. The summed E-state index contributed by atoms with van der Waals surface area (Å²) < 4.78 is 0. The van der Waals surface area contributed by atoms with Gasteiger partial charge in [0.15, 0.2) is 6.29 Å². The van der Waals surface area contributed by atoms with Gasteiger partial charge >= 0.3 is 0 Å². The van der Waals surface area contributed by atoms with Crippen LogP contribution in [0.25, 0.3) is 0 Å². The van der Waals surface area contributed by atoms with Crippen LogP contribution in [0.4, 0.5) is 5.69 Å². The summed E-state index contributed by atoms with van der Waals surface area (Å²) in [6.45, 7) is 2.23. The van der Waals surface area contributed by atoms with Gasteiger partial charge in [-0.15, -0.1) is 0 Å². The summed E-state index contributed by atoms with van der Waals surface area (Å²) in [6.07, 6.45) is 10.1. The number of rotatable bonds is 12. The summed E-state index contributed by atoms with van der Waals surface area (Å²) >= 11 is 0. The predicted octanol–water partition coefficient (Wildman–Crippen LogP) is 4.74. The molecule has 0 aliphatic carbocycles. The molecule has 3 heteroatoms. The predicted molar refractivity (Wildman–Crippen MR) is 83.6 cm³/mol. The normalized spacial score (nSPS) is 12.1. The maximum atomic E-state index is 11.0. The van der Waals surface area contributed by atoms with Crippen molar-refractivity contribution in [1.29, 1.82) is 0 Å². The summed E-state index contributed by atoms with van der Waals surface area (Å²) in [5, 5.41) is 0. The number of para-hydroxylation sites is 1. The van der Waals surface area contributed by atoms with Crippen molar-refractivity contribution in [3.05, 3.63) is 30.3 Å². The minimum Gasteiger partial charge on any atom is -0.300 e. The van der Waals surface area contributed by atoms with Gasteiger partial charge in [0, 0.05) is 0 Å². The van der Waals surface area contributed by atoms with Gasteiger partial charge < -0.3 is 4.79 Å². The van der Waals surface area contributed by atoms with Gasteiger partial charge in [0.2, 0.25) is 0 Å². The van der Waals surface area contributed by atoms with Crippen LogP contribution >= 0.6 is 0 Å². The fraction of sp³-hybridized carbons (Fsp3) is 0.588. The van der Waals surface area contributed by atoms with Crippen LogP contribution < -0.4 is 5.48 Å². The minimum absolute atomic E-state index is 0.356. The van der Waals surface area contributed by atoms with Crippen molar-refractivity contribution < 1.29 is 9.63 Å². The lowest BCUT2D eigenvalue weighted by atomic mass is 10.1. The van der Waals surface area contributed by atoms with Crippen molar-refractivity contribution in [2.24, 2.45) is 0 Å². The Morgan fingerprint density at radius 1 is 1.05 bits per heavy atom. The van der Waals surface area contributed by atoms with E-state index in [9.17, 15) is 4.79 Å². The molecule has 0 aliphatic heterocycles. The summed E-state index contributed by atoms with van der Waals surface area (Å²) in [5.74, 6) is 0. The number of benzene rings is 1. The number of hydrogen-bond acceptors (Lipinski definition) is 3. The first-order valence-electron chi connectivity index (χ1n) is 7.78. The Kier molecular flexibility index (Phi) is 9.58. The summed E-state index contributed by atoms with van der Waals surface area (Å²) in [4.78, 5) is 16.4. The number of carbonyl (C=O) groups is 1. The monoisotopic (exact) mass is 277 g/mol. The lowest BCUT2D eigenvalue weighted by Gasteiger charge is -2.13. The zero-order valence-corrected chi connectivity index (χ0v) is 12.5. The highest BCUT2D eigenvalue weighted by Gasteiger charge is 2.07. The molecule has 0 heterocycles. The Bertz CT molecular complexity index is 340. The number of anilines is 1. The van der Waals surface area contributed by atoms with Crippen LogP contribution in [0.15, 0.2) is 30.3 Å². The van der Waals surface area contributed by atoms with Crippen molar-refractivity contribution in [3.63, 3.8) is 0 Å². The van der Waals surface area contributed by atoms with E-state index in [1.807, 2.05) is 30.3 Å². The molecule has 0 bridgehead atoms. The molecule has 20 heavy (non-hydrogen) atoms. The zero-order chi connectivity index (χ0) is 14.5. The highest BCUT2D eigenvalue weighted by atomic mass is 16.7. The van der Waals surface area contributed by atoms with Gasteiger partial charge in [-0.05, 0) is 18.6 Å². The Labute approximate surface area is 122 Å². The Morgan fingerprint density at radius 3 is 2.35 bits per heavy atom. The number of nitrogens with one attached hydrogen (secondary N) is 1. The largest absolute Gasteiger partial charge is 0.300 e. The number of hydrogen-bond donors (Lipinski definition) is 1. The second-order valence-corrected chi connectivity index (χ2v) is 5.17. The molecule has 0 saturated carbocycles. The molecule has 0 fully saturated rings. The molecule has 0 aliphatic rings. The molecule has 1 aromatic rings. The van der Waals surface area contributed by atoms with Gasteiger partial charge in [0.1, 0.15) is 6.10 Å². The van der Waals surface area contributed by atoms with E-state index in [-0.39, 0.29) is 6.10 Å². The van der Waals surface area contributed by atoms with Crippen LogP contribution in [0, 0.1) is 0 Å². The van der Waals surface area contributed by atoms with Gasteiger partial charge in [-0.1, -0.05) is 70.1 Å².